The lowest BCUT2D eigenvalue weighted by atomic mass is 10.0. The molecule has 0 radical (unpaired) electrons. The maximum Gasteiger partial charge on any atom is 0.268 e. The highest BCUT2D eigenvalue weighted by Gasteiger charge is 2.30. The van der Waals surface area contributed by atoms with Crippen molar-refractivity contribution in [1.82, 2.24) is 14.3 Å². The van der Waals surface area contributed by atoms with Crippen molar-refractivity contribution in [2.75, 3.05) is 11.4 Å². The Bertz CT molecular complexity index is 1650. The van der Waals surface area contributed by atoms with E-state index in [-0.39, 0.29) is 21.6 Å². The van der Waals surface area contributed by atoms with Crippen LogP contribution in [0.15, 0.2) is 71.9 Å². The van der Waals surface area contributed by atoms with E-state index >= 15 is 0 Å². The van der Waals surface area contributed by atoms with Crippen LogP contribution in [0.2, 0.25) is 0 Å². The number of pyridine rings is 1. The molecule has 2 aromatic carbocycles. The van der Waals surface area contributed by atoms with Crippen LogP contribution in [0, 0.1) is 23.0 Å². The molecule has 5 rings (SSSR count). The predicted molar refractivity (Wildman–Crippen MR) is 127 cm³/mol. The summed E-state index contributed by atoms with van der Waals surface area (Å²) in [5.41, 5.74) is 1.42. The number of nitrogens with one attached hydrogen (secondary N) is 1. The molecule has 3 heterocycles. The summed E-state index contributed by atoms with van der Waals surface area (Å²) in [5, 5.41) is 13.2. The van der Waals surface area contributed by atoms with Crippen LogP contribution < -0.4 is 9.62 Å². The van der Waals surface area contributed by atoms with Gasteiger partial charge in [-0.05, 0) is 61.4 Å². The molecule has 182 valence electrons. The molecule has 11 heteroatoms. The molecule has 0 bridgehead atoms. The molecule has 4 aromatic rings. The van der Waals surface area contributed by atoms with E-state index in [1.165, 1.54) is 41.0 Å². The van der Waals surface area contributed by atoms with Crippen molar-refractivity contribution < 1.29 is 22.0 Å². The average Bonchev–Trinajstić information content (AvgIpc) is 3.52. The number of benzene rings is 2. The molecule has 1 fully saturated rings. The van der Waals surface area contributed by atoms with Crippen LogP contribution in [0.25, 0.3) is 5.52 Å². The molecule has 1 amide bonds. The van der Waals surface area contributed by atoms with Gasteiger partial charge >= 0.3 is 0 Å². The number of halogens is 2. The topological polar surface area (TPSA) is 108 Å². The molecular weight excluding hydrogens is 488 g/mol. The summed E-state index contributed by atoms with van der Waals surface area (Å²) in [6.45, 7) is 0.593. The lowest BCUT2D eigenvalue weighted by molar-refractivity contribution is 0.0983. The first-order chi connectivity index (χ1) is 17.3. The average molecular weight is 508 g/mol. The molecule has 1 unspecified atom stereocenters. The molecule has 1 atom stereocenters. The number of sulfonamides is 1. The molecule has 0 spiro atoms. The fraction of sp³-hybridized carbons (Fsp3) is 0.160. The summed E-state index contributed by atoms with van der Waals surface area (Å²) in [6.07, 6.45) is 4.25. The number of hydrogen-bond acceptors (Lipinski definition) is 6. The maximum atomic E-state index is 14.5. The first-order valence-corrected chi connectivity index (χ1v) is 12.5. The third-order valence-electron chi connectivity index (χ3n) is 6.15. The minimum atomic E-state index is -4.24. The van der Waals surface area contributed by atoms with Gasteiger partial charge in [0.25, 0.3) is 15.9 Å². The van der Waals surface area contributed by atoms with Crippen LogP contribution >= 0.6 is 0 Å². The van der Waals surface area contributed by atoms with Crippen LogP contribution in [0.1, 0.15) is 40.4 Å². The lowest BCUT2D eigenvalue weighted by Crippen LogP contribution is -2.30. The van der Waals surface area contributed by atoms with Gasteiger partial charge in [0.05, 0.1) is 39.8 Å². The summed E-state index contributed by atoms with van der Waals surface area (Å²) in [4.78, 5) is 14.7. The van der Waals surface area contributed by atoms with Gasteiger partial charge in [0, 0.05) is 24.0 Å². The van der Waals surface area contributed by atoms with Crippen molar-refractivity contribution in [3.05, 3.63) is 95.3 Å². The monoisotopic (exact) mass is 507 g/mol. The van der Waals surface area contributed by atoms with Crippen molar-refractivity contribution in [3.63, 3.8) is 0 Å². The molecular formula is C25H19F2N5O3S. The van der Waals surface area contributed by atoms with Crippen molar-refractivity contribution in [3.8, 4) is 6.07 Å². The number of hydrogen-bond donors (Lipinski definition) is 1. The normalized spacial score (nSPS) is 15.7. The molecule has 0 aliphatic carbocycles. The number of rotatable bonds is 5. The Morgan fingerprint density at radius 1 is 1.14 bits per heavy atom. The van der Waals surface area contributed by atoms with Gasteiger partial charge in [-0.15, -0.1) is 0 Å². The Hall–Kier alpha value is -4.30. The number of fused-ring (bicyclic) bond motifs is 1. The molecule has 8 nitrogen and oxygen atoms in total. The summed E-state index contributed by atoms with van der Waals surface area (Å²) in [7, 11) is -4.24. The molecule has 1 aliphatic rings. The lowest BCUT2D eigenvalue weighted by Gasteiger charge is -2.27. The van der Waals surface area contributed by atoms with Gasteiger partial charge in [0.15, 0.2) is 0 Å². The standard InChI is InChI=1S/C25H19F2N5O3S/c26-17-6-7-22(27)20(12-17)23-5-2-9-31(23)18-8-10-32-24(13-18)21(15-29-32)25(33)30-36(34,35)19-4-1-3-16(11-19)14-28/h1,3-4,6-8,10-13,15,23H,2,5,9H2,(H,30,33). The summed E-state index contributed by atoms with van der Waals surface area (Å²) >= 11 is 0. The van der Waals surface area contributed by atoms with Crippen LogP contribution in [-0.2, 0) is 10.0 Å². The van der Waals surface area contributed by atoms with Gasteiger partial charge in [-0.1, -0.05) is 6.07 Å². The quantitative estimate of drug-likeness (QED) is 0.438. The zero-order valence-corrected chi connectivity index (χ0v) is 19.5. The van der Waals surface area contributed by atoms with E-state index in [9.17, 15) is 22.0 Å². The van der Waals surface area contributed by atoms with Gasteiger partial charge in [-0.3, -0.25) is 4.79 Å². The summed E-state index contributed by atoms with van der Waals surface area (Å²) < 4.78 is 57.2. The van der Waals surface area contributed by atoms with Crippen molar-refractivity contribution in [1.29, 1.82) is 5.26 Å². The van der Waals surface area contributed by atoms with E-state index in [1.807, 2.05) is 15.7 Å². The van der Waals surface area contributed by atoms with Crippen molar-refractivity contribution in [2.24, 2.45) is 0 Å². The van der Waals surface area contributed by atoms with Crippen LogP contribution in [-0.4, -0.2) is 30.5 Å². The Kier molecular flexibility index (Phi) is 5.89. The zero-order chi connectivity index (χ0) is 25.4. The molecule has 36 heavy (non-hydrogen) atoms. The minimum Gasteiger partial charge on any atom is -0.364 e. The van der Waals surface area contributed by atoms with E-state index < -0.39 is 33.6 Å². The molecule has 1 aliphatic heterocycles. The smallest absolute Gasteiger partial charge is 0.268 e. The van der Waals surface area contributed by atoms with Gasteiger partial charge < -0.3 is 4.90 Å². The largest absolute Gasteiger partial charge is 0.364 e. The molecule has 0 saturated carbocycles. The minimum absolute atomic E-state index is 0.0181. The van der Waals surface area contributed by atoms with E-state index in [4.69, 9.17) is 5.26 Å². The highest BCUT2D eigenvalue weighted by Crippen LogP contribution is 2.38. The number of nitriles is 1. The second-order valence-corrected chi connectivity index (χ2v) is 10.0. The fourth-order valence-electron chi connectivity index (χ4n) is 4.46. The Morgan fingerprint density at radius 2 is 1.97 bits per heavy atom. The second kappa shape index (κ2) is 9.05. The molecule has 1 N–H and O–H groups in total. The summed E-state index contributed by atoms with van der Waals surface area (Å²) in [6, 6.07) is 13.6. The first-order valence-electron chi connectivity index (χ1n) is 11.0. The Morgan fingerprint density at radius 3 is 2.78 bits per heavy atom. The van der Waals surface area contributed by atoms with Gasteiger partial charge in [0.1, 0.15) is 11.6 Å². The highest BCUT2D eigenvalue weighted by atomic mass is 32.2. The zero-order valence-electron chi connectivity index (χ0n) is 18.7. The SMILES string of the molecule is N#Cc1cccc(S(=O)(=O)NC(=O)c2cnn3ccc(N4CCCC4c4cc(F)ccc4F)cc23)c1. The van der Waals surface area contributed by atoms with E-state index in [1.54, 1.807) is 18.3 Å². The first kappa shape index (κ1) is 23.4. The number of carbonyl (C=O) groups excluding carboxylic acids is 1. The second-order valence-electron chi connectivity index (χ2n) is 8.36. The predicted octanol–water partition coefficient (Wildman–Crippen LogP) is 3.94. The van der Waals surface area contributed by atoms with E-state index in [2.05, 4.69) is 5.10 Å². The number of nitrogens with zero attached hydrogens (tertiary/aromatic N) is 4. The maximum absolute atomic E-state index is 14.5. The number of aromatic nitrogens is 2. The summed E-state index contributed by atoms with van der Waals surface area (Å²) in [5.74, 6) is -1.91. The van der Waals surface area contributed by atoms with Crippen LogP contribution in [0.4, 0.5) is 14.5 Å². The van der Waals surface area contributed by atoms with Crippen molar-refractivity contribution >= 4 is 27.1 Å². The third-order valence-corrected chi connectivity index (χ3v) is 7.48. The highest BCUT2D eigenvalue weighted by molar-refractivity contribution is 7.90. The van der Waals surface area contributed by atoms with E-state index in [0.717, 1.165) is 18.6 Å². The Balaban J connectivity index is 1.46. The number of amides is 1. The Labute approximate surface area is 205 Å². The third kappa shape index (κ3) is 4.27. The van der Waals surface area contributed by atoms with Gasteiger partial charge in [-0.25, -0.2) is 26.4 Å². The molecule has 2 aromatic heterocycles. The number of carbonyl (C=O) groups is 1. The number of anilines is 1. The molecule has 1 saturated heterocycles. The van der Waals surface area contributed by atoms with Gasteiger partial charge in [0.2, 0.25) is 0 Å². The fourth-order valence-corrected chi connectivity index (χ4v) is 5.47. The van der Waals surface area contributed by atoms with E-state index in [0.29, 0.717) is 24.2 Å². The van der Waals surface area contributed by atoms with Gasteiger partial charge in [-0.2, -0.15) is 10.4 Å². The van der Waals surface area contributed by atoms with Crippen molar-refractivity contribution in [2.45, 2.75) is 23.8 Å². The van der Waals surface area contributed by atoms with Crippen LogP contribution in [0.3, 0.4) is 0 Å². The van der Waals surface area contributed by atoms with Crippen LogP contribution in [0.5, 0.6) is 0 Å².